The first kappa shape index (κ1) is 15.9. The SMILES string of the molecule is O=C(O)c1cc(S(=O)(=O)NCCSC(F)(F)F)c[nH]1. The third kappa shape index (κ3) is 5.12. The largest absolute Gasteiger partial charge is 0.477 e. The Labute approximate surface area is 110 Å². The normalized spacial score (nSPS) is 12.6. The van der Waals surface area contributed by atoms with Crippen molar-refractivity contribution in [1.29, 1.82) is 0 Å². The number of thioether (sulfide) groups is 1. The van der Waals surface area contributed by atoms with Crippen LogP contribution in [0.5, 0.6) is 0 Å². The van der Waals surface area contributed by atoms with Gasteiger partial charge < -0.3 is 10.1 Å². The van der Waals surface area contributed by atoms with Crippen molar-refractivity contribution in [3.8, 4) is 0 Å². The second-order valence-corrected chi connectivity index (χ2v) is 6.17. The highest BCUT2D eigenvalue weighted by molar-refractivity contribution is 8.00. The van der Waals surface area contributed by atoms with E-state index in [1.807, 2.05) is 4.72 Å². The Morgan fingerprint density at radius 1 is 1.47 bits per heavy atom. The standard InChI is InChI=1S/C8H9F3N2O4S2/c9-8(10,11)18-2-1-13-19(16,17)5-3-6(7(14)15)12-4-5/h3-4,12-13H,1-2H2,(H,14,15). The second-order valence-electron chi connectivity index (χ2n) is 3.25. The van der Waals surface area contributed by atoms with Gasteiger partial charge in [0.05, 0.1) is 0 Å². The lowest BCUT2D eigenvalue weighted by molar-refractivity contribution is -0.0327. The van der Waals surface area contributed by atoms with Crippen LogP contribution in [0.1, 0.15) is 10.5 Å². The fourth-order valence-corrected chi connectivity index (χ4v) is 2.67. The van der Waals surface area contributed by atoms with Gasteiger partial charge in [-0.2, -0.15) is 13.2 Å². The number of carboxylic acids is 1. The molecule has 0 atom stereocenters. The summed E-state index contributed by atoms with van der Waals surface area (Å²) in [6.45, 7) is -0.417. The van der Waals surface area contributed by atoms with Gasteiger partial charge in [0, 0.05) is 18.5 Å². The molecular weight excluding hydrogens is 309 g/mol. The number of carboxylic acid groups (broad SMARTS) is 1. The smallest absolute Gasteiger partial charge is 0.441 e. The fraction of sp³-hybridized carbons (Fsp3) is 0.375. The molecule has 108 valence electrons. The van der Waals surface area contributed by atoms with Crippen molar-refractivity contribution in [2.75, 3.05) is 12.3 Å². The van der Waals surface area contributed by atoms with Crippen LogP contribution in [0.4, 0.5) is 13.2 Å². The molecule has 3 N–H and O–H groups in total. The highest BCUT2D eigenvalue weighted by atomic mass is 32.2. The summed E-state index contributed by atoms with van der Waals surface area (Å²) in [5.74, 6) is -1.81. The molecule has 0 bridgehead atoms. The summed E-state index contributed by atoms with van der Waals surface area (Å²) in [4.78, 5) is 12.4. The lowest BCUT2D eigenvalue weighted by atomic mass is 10.4. The zero-order valence-corrected chi connectivity index (χ0v) is 10.8. The van der Waals surface area contributed by atoms with Gasteiger partial charge in [0.25, 0.3) is 0 Å². The number of nitrogens with one attached hydrogen (secondary N) is 2. The van der Waals surface area contributed by atoms with Gasteiger partial charge in [0.1, 0.15) is 10.6 Å². The van der Waals surface area contributed by atoms with Gasteiger partial charge in [-0.15, -0.1) is 0 Å². The highest BCUT2D eigenvalue weighted by Crippen LogP contribution is 2.29. The van der Waals surface area contributed by atoms with Crippen LogP contribution < -0.4 is 4.72 Å². The van der Waals surface area contributed by atoms with Crippen LogP contribution in [0.15, 0.2) is 17.2 Å². The minimum Gasteiger partial charge on any atom is -0.477 e. The van der Waals surface area contributed by atoms with Crippen LogP contribution in [0, 0.1) is 0 Å². The minimum absolute atomic E-state index is 0.329. The molecule has 19 heavy (non-hydrogen) atoms. The van der Waals surface area contributed by atoms with E-state index in [9.17, 15) is 26.4 Å². The maximum Gasteiger partial charge on any atom is 0.441 e. The number of aromatic nitrogens is 1. The fourth-order valence-electron chi connectivity index (χ4n) is 1.08. The molecular formula is C8H9F3N2O4S2. The molecule has 0 amide bonds. The quantitative estimate of drug-likeness (QED) is 0.686. The van der Waals surface area contributed by atoms with Crippen molar-refractivity contribution >= 4 is 27.8 Å². The Kier molecular flexibility index (Phi) is 4.87. The number of alkyl halides is 3. The van der Waals surface area contributed by atoms with Gasteiger partial charge in [-0.05, 0) is 17.8 Å². The third-order valence-corrected chi connectivity index (χ3v) is 4.03. The van der Waals surface area contributed by atoms with Crippen LogP contribution in [0.25, 0.3) is 0 Å². The summed E-state index contributed by atoms with van der Waals surface area (Å²) >= 11 is -0.349. The Morgan fingerprint density at radius 2 is 2.11 bits per heavy atom. The zero-order chi connectivity index (χ0) is 14.7. The predicted octanol–water partition coefficient (Wildman–Crippen LogP) is 1.24. The summed E-state index contributed by atoms with van der Waals surface area (Å²) in [5, 5.41) is 8.59. The van der Waals surface area contributed by atoms with E-state index in [2.05, 4.69) is 4.98 Å². The molecule has 0 saturated carbocycles. The van der Waals surface area contributed by atoms with Gasteiger partial charge in [0.15, 0.2) is 0 Å². The number of aromatic carboxylic acids is 1. The number of H-pyrrole nitrogens is 1. The van der Waals surface area contributed by atoms with Crippen LogP contribution in [0.3, 0.4) is 0 Å². The number of hydrogen-bond acceptors (Lipinski definition) is 4. The van der Waals surface area contributed by atoms with E-state index in [1.165, 1.54) is 0 Å². The molecule has 0 aromatic carbocycles. The average molecular weight is 318 g/mol. The van der Waals surface area contributed by atoms with E-state index >= 15 is 0 Å². The Balaban J connectivity index is 2.58. The Morgan fingerprint density at radius 3 is 2.58 bits per heavy atom. The maximum atomic E-state index is 11.8. The number of sulfonamides is 1. The number of aromatic amines is 1. The zero-order valence-electron chi connectivity index (χ0n) is 9.19. The molecule has 0 radical (unpaired) electrons. The molecule has 0 aliphatic rings. The van der Waals surface area contributed by atoms with Crippen molar-refractivity contribution in [2.45, 2.75) is 10.4 Å². The van der Waals surface area contributed by atoms with E-state index < -0.39 is 33.8 Å². The van der Waals surface area contributed by atoms with E-state index in [4.69, 9.17) is 5.11 Å². The summed E-state index contributed by atoms with van der Waals surface area (Å²) in [7, 11) is -4.02. The number of halogens is 3. The molecule has 0 fully saturated rings. The molecule has 1 rings (SSSR count). The highest BCUT2D eigenvalue weighted by Gasteiger charge is 2.28. The van der Waals surface area contributed by atoms with Crippen LogP contribution >= 0.6 is 11.8 Å². The van der Waals surface area contributed by atoms with Gasteiger partial charge in [-0.25, -0.2) is 17.9 Å². The Hall–Kier alpha value is -1.20. The number of rotatable bonds is 6. The number of hydrogen-bond donors (Lipinski definition) is 3. The summed E-state index contributed by atoms with van der Waals surface area (Å²) in [6, 6.07) is 0.877. The van der Waals surface area contributed by atoms with Crippen LogP contribution in [-0.4, -0.2) is 42.3 Å². The monoisotopic (exact) mass is 318 g/mol. The van der Waals surface area contributed by atoms with E-state index in [-0.39, 0.29) is 22.4 Å². The van der Waals surface area contributed by atoms with Gasteiger partial charge in [0.2, 0.25) is 10.0 Å². The van der Waals surface area contributed by atoms with Gasteiger partial charge in [-0.3, -0.25) is 0 Å². The molecule has 11 heteroatoms. The second kappa shape index (κ2) is 5.84. The molecule has 0 aliphatic heterocycles. The van der Waals surface area contributed by atoms with Crippen molar-refractivity contribution in [1.82, 2.24) is 9.71 Å². The number of carbonyl (C=O) groups is 1. The molecule has 0 saturated heterocycles. The van der Waals surface area contributed by atoms with Crippen molar-refractivity contribution < 1.29 is 31.5 Å². The Bertz CT molecular complexity index is 553. The van der Waals surface area contributed by atoms with Crippen LogP contribution in [0.2, 0.25) is 0 Å². The first-order valence-electron chi connectivity index (χ1n) is 4.74. The molecule has 1 aromatic rings. The first-order chi connectivity index (χ1) is 8.62. The molecule has 0 spiro atoms. The molecule has 0 unspecified atom stereocenters. The topological polar surface area (TPSA) is 99.3 Å². The van der Waals surface area contributed by atoms with E-state index in [1.54, 1.807) is 0 Å². The minimum atomic E-state index is -4.42. The summed E-state index contributed by atoms with van der Waals surface area (Å²) < 4.78 is 60.5. The van der Waals surface area contributed by atoms with Gasteiger partial charge >= 0.3 is 11.5 Å². The maximum absolute atomic E-state index is 11.8. The van der Waals surface area contributed by atoms with Crippen molar-refractivity contribution in [2.24, 2.45) is 0 Å². The van der Waals surface area contributed by atoms with E-state index in [0.29, 0.717) is 0 Å². The molecule has 1 heterocycles. The van der Waals surface area contributed by atoms with Crippen molar-refractivity contribution in [3.05, 3.63) is 18.0 Å². The average Bonchev–Trinajstić information content (AvgIpc) is 2.73. The molecule has 6 nitrogen and oxygen atoms in total. The third-order valence-electron chi connectivity index (χ3n) is 1.86. The summed E-state index contributed by atoms with van der Waals surface area (Å²) in [6.07, 6.45) is 0.947. The molecule has 1 aromatic heterocycles. The lowest BCUT2D eigenvalue weighted by Gasteiger charge is -2.06. The lowest BCUT2D eigenvalue weighted by Crippen LogP contribution is -2.26. The first-order valence-corrected chi connectivity index (χ1v) is 7.21. The molecule has 0 aliphatic carbocycles. The summed E-state index contributed by atoms with van der Waals surface area (Å²) in [5.41, 5.74) is -4.75. The van der Waals surface area contributed by atoms with Gasteiger partial charge in [-0.1, -0.05) is 0 Å². The van der Waals surface area contributed by atoms with E-state index in [0.717, 1.165) is 12.3 Å². The van der Waals surface area contributed by atoms with Crippen molar-refractivity contribution in [3.63, 3.8) is 0 Å². The predicted molar refractivity (Wildman–Crippen MR) is 61.5 cm³/mol. The van der Waals surface area contributed by atoms with Crippen LogP contribution in [-0.2, 0) is 10.0 Å².